The number of aliphatic hydroxyl groups is 1. The van der Waals surface area contributed by atoms with Gasteiger partial charge in [0.05, 0.1) is 12.1 Å². The summed E-state index contributed by atoms with van der Waals surface area (Å²) in [5.41, 5.74) is 1.38. The molecule has 0 bridgehead atoms. The fourth-order valence-electron chi connectivity index (χ4n) is 2.00. The number of methoxy groups -OCH3 is 1. The number of carbonyl (C=O) groups excluding carboxylic acids is 1. The highest BCUT2D eigenvalue weighted by Gasteiger charge is 2.25. The van der Waals surface area contributed by atoms with Crippen LogP contribution in [-0.2, 0) is 11.2 Å². The van der Waals surface area contributed by atoms with Gasteiger partial charge in [-0.3, -0.25) is 0 Å². The third-order valence-electron chi connectivity index (χ3n) is 3.16. The van der Waals surface area contributed by atoms with Gasteiger partial charge in [0.25, 0.3) is 0 Å². The molecule has 0 radical (unpaired) electrons. The Morgan fingerprint density at radius 2 is 2.00 bits per heavy atom. The Morgan fingerprint density at radius 1 is 1.35 bits per heavy atom. The van der Waals surface area contributed by atoms with Crippen molar-refractivity contribution in [2.75, 3.05) is 25.6 Å². The van der Waals surface area contributed by atoms with Gasteiger partial charge in [-0.1, -0.05) is 19.1 Å². The summed E-state index contributed by atoms with van der Waals surface area (Å²) < 4.78 is 5.09. The first kappa shape index (κ1) is 16.5. The van der Waals surface area contributed by atoms with Gasteiger partial charge in [0.15, 0.2) is 0 Å². The number of rotatable bonds is 7. The molecule has 0 saturated carbocycles. The molecule has 0 fully saturated rings. The first-order valence-electron chi connectivity index (χ1n) is 6.81. The van der Waals surface area contributed by atoms with Crippen LogP contribution in [0, 0.1) is 0 Å². The standard InChI is InChI=1S/C15H24N2O3/c1-4-12-5-7-13(8-6-12)16-14(19)17-15(2,9-10-18)11-20-3/h5-8,18H,4,9-11H2,1-3H3,(H2,16,17,19). The highest BCUT2D eigenvalue weighted by atomic mass is 16.5. The van der Waals surface area contributed by atoms with Gasteiger partial charge >= 0.3 is 6.03 Å². The van der Waals surface area contributed by atoms with Crippen LogP contribution in [0.3, 0.4) is 0 Å². The molecule has 0 aliphatic heterocycles. The van der Waals surface area contributed by atoms with Gasteiger partial charge < -0.3 is 20.5 Å². The predicted molar refractivity (Wildman–Crippen MR) is 80.0 cm³/mol. The van der Waals surface area contributed by atoms with Crippen LogP contribution in [0.15, 0.2) is 24.3 Å². The monoisotopic (exact) mass is 280 g/mol. The average molecular weight is 280 g/mol. The molecule has 1 aromatic rings. The van der Waals surface area contributed by atoms with Crippen molar-refractivity contribution in [1.82, 2.24) is 5.32 Å². The second-order valence-corrected chi connectivity index (χ2v) is 5.10. The number of benzene rings is 1. The molecule has 5 heteroatoms. The van der Waals surface area contributed by atoms with E-state index in [1.165, 1.54) is 5.56 Å². The molecule has 0 aliphatic carbocycles. The van der Waals surface area contributed by atoms with Crippen LogP contribution in [0.2, 0.25) is 0 Å². The first-order valence-corrected chi connectivity index (χ1v) is 6.81. The van der Waals surface area contributed by atoms with E-state index in [9.17, 15) is 4.79 Å². The van der Waals surface area contributed by atoms with Gasteiger partial charge in [-0.2, -0.15) is 0 Å². The SMILES string of the molecule is CCc1ccc(NC(=O)NC(C)(CCO)COC)cc1. The third-order valence-corrected chi connectivity index (χ3v) is 3.16. The minimum absolute atomic E-state index is 0.00859. The number of urea groups is 1. The lowest BCUT2D eigenvalue weighted by Crippen LogP contribution is -2.51. The number of carbonyl (C=O) groups is 1. The molecule has 0 aromatic heterocycles. The van der Waals surface area contributed by atoms with Crippen molar-refractivity contribution in [3.05, 3.63) is 29.8 Å². The smallest absolute Gasteiger partial charge is 0.319 e. The molecule has 0 heterocycles. The number of aliphatic hydroxyl groups excluding tert-OH is 1. The molecule has 3 N–H and O–H groups in total. The summed E-state index contributed by atoms with van der Waals surface area (Å²) in [6, 6.07) is 7.41. The lowest BCUT2D eigenvalue weighted by atomic mass is 10.00. The van der Waals surface area contributed by atoms with E-state index in [-0.39, 0.29) is 12.6 Å². The number of anilines is 1. The zero-order valence-electron chi connectivity index (χ0n) is 12.4. The second kappa shape index (κ2) is 7.87. The Bertz CT molecular complexity index is 412. The van der Waals surface area contributed by atoms with Gasteiger partial charge in [-0.15, -0.1) is 0 Å². The topological polar surface area (TPSA) is 70.6 Å². The number of aryl methyl sites for hydroxylation is 1. The van der Waals surface area contributed by atoms with E-state index in [4.69, 9.17) is 9.84 Å². The number of hydrogen-bond donors (Lipinski definition) is 3. The van der Waals surface area contributed by atoms with Gasteiger partial charge in [0, 0.05) is 19.4 Å². The van der Waals surface area contributed by atoms with Crippen LogP contribution in [0.1, 0.15) is 25.8 Å². The van der Waals surface area contributed by atoms with Crippen molar-refractivity contribution in [3.8, 4) is 0 Å². The van der Waals surface area contributed by atoms with Crippen molar-refractivity contribution >= 4 is 11.7 Å². The summed E-state index contributed by atoms with van der Waals surface area (Å²) >= 11 is 0. The summed E-state index contributed by atoms with van der Waals surface area (Å²) in [5, 5.41) is 14.7. The second-order valence-electron chi connectivity index (χ2n) is 5.10. The van der Waals surface area contributed by atoms with E-state index in [2.05, 4.69) is 17.6 Å². The number of hydrogen-bond acceptors (Lipinski definition) is 3. The minimum Gasteiger partial charge on any atom is -0.396 e. The fraction of sp³-hybridized carbons (Fsp3) is 0.533. The predicted octanol–water partition coefficient (Wildman–Crippen LogP) is 2.16. The molecule has 0 aliphatic rings. The van der Waals surface area contributed by atoms with Crippen molar-refractivity contribution in [3.63, 3.8) is 0 Å². The van der Waals surface area contributed by atoms with Gasteiger partial charge in [-0.05, 0) is 37.5 Å². The van der Waals surface area contributed by atoms with Gasteiger partial charge in [-0.25, -0.2) is 4.79 Å². The van der Waals surface area contributed by atoms with Crippen LogP contribution < -0.4 is 10.6 Å². The number of nitrogens with one attached hydrogen (secondary N) is 2. The van der Waals surface area contributed by atoms with Crippen molar-refractivity contribution in [2.45, 2.75) is 32.2 Å². The molecular weight excluding hydrogens is 256 g/mol. The highest BCUT2D eigenvalue weighted by Crippen LogP contribution is 2.12. The van der Waals surface area contributed by atoms with E-state index in [0.717, 1.165) is 12.1 Å². The molecular formula is C15H24N2O3. The number of amides is 2. The molecule has 0 saturated heterocycles. The summed E-state index contributed by atoms with van der Waals surface area (Å²) in [4.78, 5) is 12.0. The molecule has 1 atom stereocenters. The summed E-state index contributed by atoms with van der Waals surface area (Å²) in [7, 11) is 1.57. The molecule has 2 amide bonds. The zero-order chi connectivity index (χ0) is 15.0. The molecule has 1 rings (SSSR count). The third kappa shape index (κ3) is 5.19. The van der Waals surface area contributed by atoms with Crippen LogP contribution in [0.25, 0.3) is 0 Å². The summed E-state index contributed by atoms with van der Waals surface area (Å²) in [6.07, 6.45) is 1.40. The Balaban J connectivity index is 2.60. The van der Waals surface area contributed by atoms with Gasteiger partial charge in [0.1, 0.15) is 0 Å². The van der Waals surface area contributed by atoms with Crippen LogP contribution >= 0.6 is 0 Å². The van der Waals surface area contributed by atoms with E-state index >= 15 is 0 Å². The van der Waals surface area contributed by atoms with Crippen molar-refractivity contribution in [2.24, 2.45) is 0 Å². The lowest BCUT2D eigenvalue weighted by Gasteiger charge is -2.29. The van der Waals surface area contributed by atoms with E-state index in [0.29, 0.717) is 13.0 Å². The maximum Gasteiger partial charge on any atom is 0.319 e. The van der Waals surface area contributed by atoms with Crippen LogP contribution in [-0.4, -0.2) is 37.0 Å². The fourth-order valence-corrected chi connectivity index (χ4v) is 2.00. The summed E-state index contributed by atoms with van der Waals surface area (Å²) in [6.45, 7) is 4.26. The maximum absolute atomic E-state index is 12.0. The van der Waals surface area contributed by atoms with Crippen molar-refractivity contribution in [1.29, 1.82) is 0 Å². The quantitative estimate of drug-likeness (QED) is 0.717. The molecule has 112 valence electrons. The molecule has 5 nitrogen and oxygen atoms in total. The highest BCUT2D eigenvalue weighted by molar-refractivity contribution is 5.89. The van der Waals surface area contributed by atoms with Crippen LogP contribution in [0.5, 0.6) is 0 Å². The molecule has 1 aromatic carbocycles. The molecule has 1 unspecified atom stereocenters. The first-order chi connectivity index (χ1) is 9.53. The average Bonchev–Trinajstić information content (AvgIpc) is 2.39. The van der Waals surface area contributed by atoms with E-state index in [1.807, 2.05) is 31.2 Å². The maximum atomic E-state index is 12.0. The zero-order valence-corrected chi connectivity index (χ0v) is 12.4. The van der Waals surface area contributed by atoms with E-state index in [1.54, 1.807) is 7.11 Å². The normalized spacial score (nSPS) is 13.6. The number of ether oxygens (including phenoxy) is 1. The van der Waals surface area contributed by atoms with Crippen molar-refractivity contribution < 1.29 is 14.6 Å². The van der Waals surface area contributed by atoms with E-state index < -0.39 is 5.54 Å². The Hall–Kier alpha value is -1.59. The van der Waals surface area contributed by atoms with Gasteiger partial charge in [0.2, 0.25) is 0 Å². The largest absolute Gasteiger partial charge is 0.396 e. The Labute approximate surface area is 120 Å². The minimum atomic E-state index is -0.586. The Kier molecular flexibility index (Phi) is 6.48. The molecule has 0 spiro atoms. The Morgan fingerprint density at radius 3 is 2.50 bits per heavy atom. The summed E-state index contributed by atoms with van der Waals surface area (Å²) in [5.74, 6) is 0. The lowest BCUT2D eigenvalue weighted by molar-refractivity contribution is 0.104. The molecule has 20 heavy (non-hydrogen) atoms. The van der Waals surface area contributed by atoms with Crippen LogP contribution in [0.4, 0.5) is 10.5 Å².